The number of nitrogens with zero attached hydrogens (tertiary/aromatic N) is 1. The summed E-state index contributed by atoms with van der Waals surface area (Å²) in [6, 6.07) is 0. The van der Waals surface area contributed by atoms with E-state index in [-0.39, 0.29) is 0 Å². The largest absolute Gasteiger partial charge is 0.267 e. The van der Waals surface area contributed by atoms with Crippen LogP contribution in [0, 0.1) is 0 Å². The van der Waals surface area contributed by atoms with Gasteiger partial charge in [0.2, 0.25) is 0 Å². The maximum Gasteiger partial charge on any atom is 0.116 e. The number of hydrazine groups is 2. The van der Waals surface area contributed by atoms with E-state index in [1.54, 1.807) is 0 Å². The zero-order valence-electron chi connectivity index (χ0n) is 3.14. The number of hydrogen-bond acceptors (Lipinski definition) is 4. The van der Waals surface area contributed by atoms with Gasteiger partial charge >= 0.3 is 0 Å². The summed E-state index contributed by atoms with van der Waals surface area (Å²) in [7, 11) is 0. The van der Waals surface area contributed by atoms with E-state index in [1.165, 1.54) is 5.28 Å². The van der Waals surface area contributed by atoms with Crippen molar-refractivity contribution in [2.24, 2.45) is 0 Å². The van der Waals surface area contributed by atoms with Crippen LogP contribution in [0.5, 0.6) is 0 Å². The third-order valence-corrected chi connectivity index (χ3v) is 0.916. The molecule has 3 fully saturated rings. The second kappa shape index (κ2) is 0.737. The smallest absolute Gasteiger partial charge is 0.116 e. The molecule has 0 atom stereocenters. The first-order valence-corrected chi connectivity index (χ1v) is 1.90. The van der Waals surface area contributed by atoms with Gasteiger partial charge < -0.3 is 0 Å². The summed E-state index contributed by atoms with van der Waals surface area (Å²) in [6.45, 7) is 0.764. The minimum absolute atomic E-state index is 0.394. The Morgan fingerprint density at radius 1 is 1.67 bits per heavy atom. The van der Waals surface area contributed by atoms with E-state index in [2.05, 4.69) is 10.9 Å². The predicted octanol–water partition coefficient (Wildman–Crippen LogP) is -1.42. The van der Waals surface area contributed by atoms with E-state index in [0.717, 1.165) is 6.61 Å². The standard InChI is InChI=1S/C2H5N3O/c1-2-3-5(4-2)6-1/h2-4H,1H2. The Balaban J connectivity index is 2.16. The Hall–Kier alpha value is -0.160. The van der Waals surface area contributed by atoms with Crippen molar-refractivity contribution in [1.29, 1.82) is 0 Å². The van der Waals surface area contributed by atoms with Crippen LogP contribution in [0.2, 0.25) is 0 Å². The van der Waals surface area contributed by atoms with E-state index in [1.807, 2.05) is 0 Å². The zero-order chi connectivity index (χ0) is 3.98. The van der Waals surface area contributed by atoms with Crippen LogP contribution in [0.1, 0.15) is 0 Å². The first-order chi connectivity index (χ1) is 2.95. The van der Waals surface area contributed by atoms with Crippen molar-refractivity contribution in [2.45, 2.75) is 6.17 Å². The molecule has 3 saturated heterocycles. The highest BCUT2D eigenvalue weighted by Crippen LogP contribution is 2.04. The molecule has 2 N–H and O–H groups in total. The van der Waals surface area contributed by atoms with E-state index < -0.39 is 0 Å². The van der Waals surface area contributed by atoms with Gasteiger partial charge in [-0.25, -0.2) is 0 Å². The average Bonchev–Trinajstić information content (AvgIpc) is 1.72. The van der Waals surface area contributed by atoms with Crippen molar-refractivity contribution in [3.05, 3.63) is 0 Å². The van der Waals surface area contributed by atoms with E-state index in [9.17, 15) is 0 Å². The highest BCUT2D eigenvalue weighted by atomic mass is 16.8. The number of nitrogens with one attached hydrogen (secondary N) is 2. The molecule has 3 rings (SSSR count). The molecule has 34 valence electrons. The summed E-state index contributed by atoms with van der Waals surface area (Å²) in [5.74, 6) is 0. The van der Waals surface area contributed by atoms with Gasteiger partial charge in [-0.15, -0.1) is 0 Å². The highest BCUT2D eigenvalue weighted by molar-refractivity contribution is 4.68. The molecule has 4 nitrogen and oxygen atoms in total. The predicted molar refractivity (Wildman–Crippen MR) is 17.9 cm³/mol. The molecule has 0 aromatic rings. The maximum atomic E-state index is 4.84. The van der Waals surface area contributed by atoms with E-state index in [0.29, 0.717) is 6.17 Å². The first-order valence-electron chi connectivity index (χ1n) is 1.90. The van der Waals surface area contributed by atoms with Gasteiger partial charge in [0.1, 0.15) is 12.8 Å². The Kier molecular flexibility index (Phi) is 0.359. The van der Waals surface area contributed by atoms with Gasteiger partial charge in [0.15, 0.2) is 0 Å². The molecular weight excluding hydrogens is 82.0 g/mol. The molecule has 2 bridgehead atoms. The molecule has 3 aliphatic heterocycles. The fourth-order valence-electron chi connectivity index (χ4n) is 0.581. The summed E-state index contributed by atoms with van der Waals surface area (Å²) >= 11 is 0. The zero-order valence-corrected chi connectivity index (χ0v) is 3.14. The fraction of sp³-hybridized carbons (Fsp3) is 1.00. The average molecular weight is 87.1 g/mol. The molecule has 3 heterocycles. The van der Waals surface area contributed by atoms with Gasteiger partial charge in [-0.1, -0.05) is 0 Å². The monoisotopic (exact) mass is 87.0 g/mol. The van der Waals surface area contributed by atoms with Gasteiger partial charge in [0.05, 0.1) is 0 Å². The Morgan fingerprint density at radius 2 is 2.50 bits per heavy atom. The highest BCUT2D eigenvalue weighted by Gasteiger charge is 2.34. The van der Waals surface area contributed by atoms with Crippen molar-refractivity contribution in [1.82, 2.24) is 16.1 Å². The SMILES string of the molecule is C1ON2NC1N2. The molecule has 3 aliphatic rings. The minimum atomic E-state index is 0.394. The van der Waals surface area contributed by atoms with Crippen LogP contribution in [-0.2, 0) is 4.84 Å². The Labute approximate surface area is 35.0 Å². The quantitative estimate of drug-likeness (QED) is 0.380. The van der Waals surface area contributed by atoms with Gasteiger partial charge in [0.25, 0.3) is 0 Å². The van der Waals surface area contributed by atoms with Crippen LogP contribution >= 0.6 is 0 Å². The third-order valence-electron chi connectivity index (χ3n) is 0.916. The van der Waals surface area contributed by atoms with Crippen molar-refractivity contribution in [3.63, 3.8) is 0 Å². The lowest BCUT2D eigenvalue weighted by molar-refractivity contribution is -0.201. The number of hydrogen-bond donors (Lipinski definition) is 2. The molecule has 0 saturated carbocycles. The van der Waals surface area contributed by atoms with Crippen LogP contribution in [0.3, 0.4) is 0 Å². The second-order valence-corrected chi connectivity index (χ2v) is 1.40. The van der Waals surface area contributed by atoms with Gasteiger partial charge in [-0.3, -0.25) is 4.84 Å². The van der Waals surface area contributed by atoms with E-state index in [4.69, 9.17) is 4.84 Å². The summed E-state index contributed by atoms with van der Waals surface area (Å²) in [5.41, 5.74) is 5.83. The molecule has 4 heteroatoms. The number of rotatable bonds is 0. The van der Waals surface area contributed by atoms with Crippen molar-refractivity contribution in [2.75, 3.05) is 6.61 Å². The maximum absolute atomic E-state index is 4.84. The molecule has 0 spiro atoms. The van der Waals surface area contributed by atoms with Gasteiger partial charge in [0, 0.05) is 0 Å². The van der Waals surface area contributed by atoms with Crippen LogP contribution < -0.4 is 10.9 Å². The number of fused-ring (bicyclic) bond motifs is 1. The molecule has 0 aromatic heterocycles. The molecular formula is C2H5N3O. The minimum Gasteiger partial charge on any atom is -0.267 e. The van der Waals surface area contributed by atoms with Crippen molar-refractivity contribution < 1.29 is 4.84 Å². The van der Waals surface area contributed by atoms with Crippen LogP contribution in [-0.4, -0.2) is 18.1 Å². The summed E-state index contributed by atoms with van der Waals surface area (Å²) < 4.78 is 0. The van der Waals surface area contributed by atoms with Crippen LogP contribution in [0.4, 0.5) is 0 Å². The fourth-order valence-corrected chi connectivity index (χ4v) is 0.581. The Bertz CT molecular complexity index is 55.7. The summed E-state index contributed by atoms with van der Waals surface area (Å²) in [4.78, 5) is 4.84. The lowest BCUT2D eigenvalue weighted by atomic mass is 10.6. The molecule has 6 heavy (non-hydrogen) atoms. The van der Waals surface area contributed by atoms with Crippen LogP contribution in [0.15, 0.2) is 0 Å². The topological polar surface area (TPSA) is 36.5 Å². The Morgan fingerprint density at radius 3 is 2.67 bits per heavy atom. The van der Waals surface area contributed by atoms with Crippen LogP contribution in [0.25, 0.3) is 0 Å². The van der Waals surface area contributed by atoms with Gasteiger partial charge in [-0.05, 0) is 5.28 Å². The second-order valence-electron chi connectivity index (χ2n) is 1.40. The molecule has 0 amide bonds. The van der Waals surface area contributed by atoms with Crippen molar-refractivity contribution >= 4 is 0 Å². The first kappa shape index (κ1) is 2.92. The normalized spacial score (nSPS) is 52.0. The molecule has 0 radical (unpaired) electrons. The lowest BCUT2D eigenvalue weighted by Crippen LogP contribution is -2.63. The summed E-state index contributed by atoms with van der Waals surface area (Å²) in [6.07, 6.45) is 0.394. The van der Waals surface area contributed by atoms with E-state index >= 15 is 0 Å². The molecule has 0 unspecified atom stereocenters. The lowest BCUT2D eigenvalue weighted by Gasteiger charge is -2.25. The third kappa shape index (κ3) is 0.188. The van der Waals surface area contributed by atoms with Gasteiger partial charge in [-0.2, -0.15) is 10.9 Å². The van der Waals surface area contributed by atoms with Crippen molar-refractivity contribution in [3.8, 4) is 0 Å². The summed E-state index contributed by atoms with van der Waals surface area (Å²) in [5, 5.41) is 1.50. The molecule has 0 aromatic carbocycles. The molecule has 0 aliphatic carbocycles.